The minimum Gasteiger partial charge on any atom is -0.481 e. The van der Waals surface area contributed by atoms with Crippen molar-refractivity contribution in [1.29, 1.82) is 0 Å². The molecule has 3 N–H and O–H groups in total. The molecule has 1 rings (SSSR count). The van der Waals surface area contributed by atoms with Gasteiger partial charge >= 0.3 is 12.0 Å². The number of urea groups is 1. The third-order valence-corrected chi connectivity index (χ3v) is 3.39. The van der Waals surface area contributed by atoms with Crippen molar-refractivity contribution in [3.63, 3.8) is 0 Å². The van der Waals surface area contributed by atoms with Crippen LogP contribution in [0.5, 0.6) is 0 Å². The highest BCUT2D eigenvalue weighted by Gasteiger charge is 2.38. The summed E-state index contributed by atoms with van der Waals surface area (Å²) in [6, 6.07) is -0.120. The van der Waals surface area contributed by atoms with Crippen LogP contribution in [0.1, 0.15) is 52.4 Å². The van der Waals surface area contributed by atoms with Gasteiger partial charge in [0.2, 0.25) is 0 Å². The van der Waals surface area contributed by atoms with Crippen LogP contribution in [-0.2, 0) is 4.79 Å². The molecule has 104 valence electrons. The van der Waals surface area contributed by atoms with E-state index in [-0.39, 0.29) is 18.0 Å². The van der Waals surface area contributed by atoms with Gasteiger partial charge in [-0.3, -0.25) is 4.79 Å². The quantitative estimate of drug-likeness (QED) is 0.582. The number of amides is 2. The number of hydrogen-bond donors (Lipinski definition) is 3. The first-order valence-electron chi connectivity index (χ1n) is 6.69. The molecule has 0 aromatic carbocycles. The van der Waals surface area contributed by atoms with Crippen molar-refractivity contribution in [1.82, 2.24) is 10.6 Å². The predicted molar refractivity (Wildman–Crippen MR) is 69.4 cm³/mol. The topological polar surface area (TPSA) is 78.4 Å². The van der Waals surface area contributed by atoms with E-state index in [1.165, 1.54) is 12.8 Å². The van der Waals surface area contributed by atoms with E-state index in [1.807, 2.05) is 0 Å². The highest BCUT2D eigenvalue weighted by Crippen LogP contribution is 2.39. The largest absolute Gasteiger partial charge is 0.481 e. The SMILES string of the molecule is CC(C)(NC(=O)NCCCCCC(=O)O)C1CC1. The molecule has 0 atom stereocenters. The molecule has 0 aromatic rings. The Morgan fingerprint density at radius 3 is 2.44 bits per heavy atom. The molecule has 0 radical (unpaired) electrons. The maximum Gasteiger partial charge on any atom is 0.315 e. The molecule has 1 aliphatic rings. The lowest BCUT2D eigenvalue weighted by Crippen LogP contribution is -2.49. The number of carboxylic acids is 1. The molecular weight excluding hydrogens is 232 g/mol. The summed E-state index contributed by atoms with van der Waals surface area (Å²) >= 11 is 0. The van der Waals surface area contributed by atoms with E-state index in [2.05, 4.69) is 24.5 Å². The zero-order chi connectivity index (χ0) is 13.6. The summed E-state index contributed by atoms with van der Waals surface area (Å²) in [4.78, 5) is 21.9. The highest BCUT2D eigenvalue weighted by atomic mass is 16.4. The maximum absolute atomic E-state index is 11.6. The lowest BCUT2D eigenvalue weighted by atomic mass is 9.99. The normalized spacial score (nSPS) is 15.2. The van der Waals surface area contributed by atoms with Crippen molar-refractivity contribution in [2.75, 3.05) is 6.54 Å². The summed E-state index contributed by atoms with van der Waals surface area (Å²) in [7, 11) is 0. The van der Waals surface area contributed by atoms with Gasteiger partial charge in [0.15, 0.2) is 0 Å². The van der Waals surface area contributed by atoms with Crippen molar-refractivity contribution < 1.29 is 14.7 Å². The Bertz CT molecular complexity index is 299. The summed E-state index contributed by atoms with van der Waals surface area (Å²) in [5, 5.41) is 14.3. The third kappa shape index (κ3) is 5.89. The molecule has 0 heterocycles. The number of carbonyl (C=O) groups is 2. The van der Waals surface area contributed by atoms with Gasteiger partial charge in [0.05, 0.1) is 0 Å². The first kappa shape index (κ1) is 14.8. The Balaban J connectivity index is 2.01. The molecule has 2 amide bonds. The molecule has 5 heteroatoms. The zero-order valence-electron chi connectivity index (χ0n) is 11.3. The summed E-state index contributed by atoms with van der Waals surface area (Å²) in [5.74, 6) is -0.147. The minimum atomic E-state index is -0.758. The zero-order valence-corrected chi connectivity index (χ0v) is 11.3. The Kier molecular flexibility index (Phi) is 5.44. The van der Waals surface area contributed by atoms with Crippen molar-refractivity contribution in [2.45, 2.75) is 57.9 Å². The Labute approximate surface area is 108 Å². The first-order chi connectivity index (χ1) is 8.42. The molecule has 1 fully saturated rings. The second kappa shape index (κ2) is 6.61. The van der Waals surface area contributed by atoms with E-state index in [4.69, 9.17) is 5.11 Å². The van der Waals surface area contributed by atoms with Crippen LogP contribution in [0.4, 0.5) is 4.79 Å². The first-order valence-corrected chi connectivity index (χ1v) is 6.69. The van der Waals surface area contributed by atoms with Gasteiger partial charge in [-0.25, -0.2) is 4.79 Å². The van der Waals surface area contributed by atoms with Crippen LogP contribution < -0.4 is 10.6 Å². The summed E-state index contributed by atoms with van der Waals surface area (Å²) < 4.78 is 0. The summed E-state index contributed by atoms with van der Waals surface area (Å²) in [6.45, 7) is 4.71. The van der Waals surface area contributed by atoms with Crippen molar-refractivity contribution in [3.05, 3.63) is 0 Å². The second-order valence-electron chi connectivity index (χ2n) is 5.58. The molecule has 1 saturated carbocycles. The van der Waals surface area contributed by atoms with E-state index < -0.39 is 5.97 Å². The maximum atomic E-state index is 11.6. The molecule has 18 heavy (non-hydrogen) atoms. The average Bonchev–Trinajstić information content (AvgIpc) is 3.05. The van der Waals surface area contributed by atoms with E-state index in [0.717, 1.165) is 12.8 Å². The Morgan fingerprint density at radius 1 is 1.22 bits per heavy atom. The van der Waals surface area contributed by atoms with E-state index in [0.29, 0.717) is 18.9 Å². The van der Waals surface area contributed by atoms with Crippen molar-refractivity contribution in [2.24, 2.45) is 5.92 Å². The molecule has 0 aliphatic heterocycles. The monoisotopic (exact) mass is 256 g/mol. The van der Waals surface area contributed by atoms with E-state index in [9.17, 15) is 9.59 Å². The van der Waals surface area contributed by atoms with Gasteiger partial charge in [0.1, 0.15) is 0 Å². The third-order valence-electron chi connectivity index (χ3n) is 3.39. The molecular formula is C13H24N2O3. The predicted octanol–water partition coefficient (Wildman–Crippen LogP) is 2.12. The lowest BCUT2D eigenvalue weighted by molar-refractivity contribution is -0.137. The van der Waals surface area contributed by atoms with Gasteiger partial charge in [-0.15, -0.1) is 0 Å². The fourth-order valence-electron chi connectivity index (χ4n) is 2.02. The Hall–Kier alpha value is -1.26. The molecule has 5 nitrogen and oxygen atoms in total. The van der Waals surface area contributed by atoms with Gasteiger partial charge in [-0.2, -0.15) is 0 Å². The fraction of sp³-hybridized carbons (Fsp3) is 0.846. The number of carboxylic acid groups (broad SMARTS) is 1. The smallest absolute Gasteiger partial charge is 0.315 e. The number of rotatable bonds is 8. The Morgan fingerprint density at radius 2 is 1.89 bits per heavy atom. The molecule has 0 bridgehead atoms. The van der Waals surface area contributed by atoms with Crippen LogP contribution in [0.3, 0.4) is 0 Å². The molecule has 1 aliphatic carbocycles. The number of aliphatic carboxylic acids is 1. The standard InChI is InChI=1S/C13H24N2O3/c1-13(2,10-7-8-10)15-12(18)14-9-5-3-4-6-11(16)17/h10H,3-9H2,1-2H3,(H,16,17)(H2,14,15,18). The second-order valence-corrected chi connectivity index (χ2v) is 5.58. The van der Waals surface area contributed by atoms with Crippen LogP contribution >= 0.6 is 0 Å². The van der Waals surface area contributed by atoms with Gasteiger partial charge in [-0.1, -0.05) is 6.42 Å². The lowest BCUT2D eigenvalue weighted by Gasteiger charge is -2.26. The van der Waals surface area contributed by atoms with Gasteiger partial charge < -0.3 is 15.7 Å². The van der Waals surface area contributed by atoms with Gasteiger partial charge in [0, 0.05) is 18.5 Å². The molecule has 0 spiro atoms. The van der Waals surface area contributed by atoms with Crippen LogP contribution in [0, 0.1) is 5.92 Å². The van der Waals surface area contributed by atoms with Crippen LogP contribution in [0.15, 0.2) is 0 Å². The molecule has 0 unspecified atom stereocenters. The van der Waals surface area contributed by atoms with Crippen molar-refractivity contribution >= 4 is 12.0 Å². The molecule has 0 saturated heterocycles. The molecule has 0 aromatic heterocycles. The highest BCUT2D eigenvalue weighted by molar-refractivity contribution is 5.74. The van der Waals surface area contributed by atoms with E-state index >= 15 is 0 Å². The number of carbonyl (C=O) groups excluding carboxylic acids is 1. The van der Waals surface area contributed by atoms with Gasteiger partial charge in [-0.05, 0) is 45.4 Å². The van der Waals surface area contributed by atoms with Crippen LogP contribution in [0.25, 0.3) is 0 Å². The average molecular weight is 256 g/mol. The fourth-order valence-corrected chi connectivity index (χ4v) is 2.02. The number of unbranched alkanes of at least 4 members (excludes halogenated alkanes) is 2. The summed E-state index contributed by atoms with van der Waals surface area (Å²) in [6.07, 6.45) is 4.93. The number of nitrogens with one attached hydrogen (secondary N) is 2. The summed E-state index contributed by atoms with van der Waals surface area (Å²) in [5.41, 5.74) is -0.118. The van der Waals surface area contributed by atoms with Crippen LogP contribution in [0.2, 0.25) is 0 Å². The van der Waals surface area contributed by atoms with E-state index in [1.54, 1.807) is 0 Å². The van der Waals surface area contributed by atoms with Crippen LogP contribution in [-0.4, -0.2) is 29.2 Å². The van der Waals surface area contributed by atoms with Gasteiger partial charge in [0.25, 0.3) is 0 Å². The number of hydrogen-bond acceptors (Lipinski definition) is 2. The minimum absolute atomic E-state index is 0.118. The van der Waals surface area contributed by atoms with Crippen molar-refractivity contribution in [3.8, 4) is 0 Å².